The topological polar surface area (TPSA) is 18.5 Å². The maximum Gasteiger partial charge on any atom is 0.282 e. The summed E-state index contributed by atoms with van der Waals surface area (Å²) in [5, 5.41) is 2.25. The lowest BCUT2D eigenvalue weighted by Crippen LogP contribution is -2.60. The zero-order chi connectivity index (χ0) is 11.0. The van der Waals surface area contributed by atoms with Crippen LogP contribution in [0.3, 0.4) is 0 Å². The summed E-state index contributed by atoms with van der Waals surface area (Å²) in [4.78, 5) is 0. The molecule has 0 unspecified atom stereocenters. The molecule has 0 bridgehead atoms. The molecule has 0 saturated carbocycles. The average Bonchev–Trinajstić information content (AvgIpc) is 2.01. The van der Waals surface area contributed by atoms with Gasteiger partial charge in [-0.25, -0.2) is 10.4 Å². The molecule has 1 N–H and O–H groups in total. The number of nitrogens with zero attached hydrogens (tertiary/aromatic N) is 2. The van der Waals surface area contributed by atoms with Crippen molar-refractivity contribution in [3.05, 3.63) is 12.3 Å². The van der Waals surface area contributed by atoms with E-state index in [9.17, 15) is 0 Å². The second-order valence-electron chi connectivity index (χ2n) is 2.34. The summed E-state index contributed by atoms with van der Waals surface area (Å²) in [6.07, 6.45) is 3.22. The van der Waals surface area contributed by atoms with Crippen LogP contribution in [-0.4, -0.2) is 24.5 Å². The van der Waals surface area contributed by atoms with E-state index in [1.807, 2.05) is 0 Å². The summed E-state index contributed by atoms with van der Waals surface area (Å²) in [6.45, 7) is 0.477. The molecular weight excluding hydrogens is 315 g/mol. The highest BCUT2D eigenvalue weighted by Gasteiger charge is 2.42. The zero-order valence-corrected chi connectivity index (χ0v) is 11.1. The summed E-state index contributed by atoms with van der Waals surface area (Å²) in [5.74, 6) is 0. The van der Waals surface area contributed by atoms with Crippen molar-refractivity contribution in [3.8, 4) is 0 Å². The lowest BCUT2D eigenvalue weighted by molar-refractivity contribution is -0.0437. The van der Waals surface area contributed by atoms with Gasteiger partial charge in [-0.2, -0.15) is 0 Å². The predicted octanol–water partition coefficient (Wildman–Crippen LogP) is 3.19. The second-order valence-corrected chi connectivity index (χ2v) is 6.78. The maximum absolute atomic E-state index is 5.66. The quantitative estimate of drug-likeness (QED) is 0.546. The second kappa shape index (κ2) is 4.60. The molecule has 9 heteroatoms. The van der Waals surface area contributed by atoms with E-state index in [0.29, 0.717) is 6.54 Å². The SMILES string of the molecule is ClC(Cl)(Cl)N1C=CCNN1C(Cl)(Cl)Cl. The standard InChI is InChI=1S/C5H5Cl6N3/c6-4(7,8)13-3-1-2-12-14(13)5(9,10)11/h1,3,12H,2H2. The van der Waals surface area contributed by atoms with Gasteiger partial charge in [0.25, 0.3) is 7.83 Å². The molecule has 0 atom stereocenters. The molecule has 0 aliphatic carbocycles. The van der Waals surface area contributed by atoms with Crippen molar-refractivity contribution in [2.24, 2.45) is 0 Å². The van der Waals surface area contributed by atoms with E-state index < -0.39 is 7.83 Å². The van der Waals surface area contributed by atoms with Crippen LogP contribution in [-0.2, 0) is 0 Å². The first-order valence-corrected chi connectivity index (χ1v) is 5.63. The van der Waals surface area contributed by atoms with Gasteiger partial charge < -0.3 is 0 Å². The number of alkyl halides is 6. The van der Waals surface area contributed by atoms with E-state index in [0.717, 1.165) is 10.1 Å². The minimum Gasteiger partial charge on any atom is -0.248 e. The highest BCUT2D eigenvalue weighted by atomic mass is 35.6. The minimum absolute atomic E-state index is 0.477. The lowest BCUT2D eigenvalue weighted by Gasteiger charge is -2.43. The number of hydrogen-bond acceptors (Lipinski definition) is 3. The van der Waals surface area contributed by atoms with Crippen LogP contribution in [0.5, 0.6) is 0 Å². The molecule has 0 amide bonds. The van der Waals surface area contributed by atoms with Gasteiger partial charge in [-0.3, -0.25) is 0 Å². The largest absolute Gasteiger partial charge is 0.282 e. The molecule has 0 aromatic rings. The van der Waals surface area contributed by atoms with Crippen molar-refractivity contribution in [2.75, 3.05) is 6.54 Å². The third kappa shape index (κ3) is 3.35. The molecule has 0 aromatic heterocycles. The first-order valence-electron chi connectivity index (χ1n) is 3.36. The van der Waals surface area contributed by atoms with Crippen LogP contribution in [0.25, 0.3) is 0 Å². The van der Waals surface area contributed by atoms with Crippen LogP contribution in [0.4, 0.5) is 0 Å². The van der Waals surface area contributed by atoms with Gasteiger partial charge in [-0.1, -0.05) is 75.7 Å². The van der Waals surface area contributed by atoms with Gasteiger partial charge in [-0.15, -0.1) is 5.12 Å². The Labute approximate surface area is 111 Å². The Hall–Kier alpha value is 1.20. The van der Waals surface area contributed by atoms with Crippen molar-refractivity contribution in [3.63, 3.8) is 0 Å². The fourth-order valence-electron chi connectivity index (χ4n) is 0.844. The normalized spacial score (nSPS) is 20.3. The van der Waals surface area contributed by atoms with Gasteiger partial charge in [0.05, 0.1) is 0 Å². The van der Waals surface area contributed by atoms with E-state index in [1.165, 1.54) is 6.20 Å². The molecule has 3 nitrogen and oxygen atoms in total. The van der Waals surface area contributed by atoms with Crippen molar-refractivity contribution in [2.45, 2.75) is 7.83 Å². The highest BCUT2D eigenvalue weighted by Crippen LogP contribution is 2.39. The fourth-order valence-corrected chi connectivity index (χ4v) is 1.66. The van der Waals surface area contributed by atoms with Crippen molar-refractivity contribution >= 4 is 69.6 Å². The Bertz CT molecular complexity index is 231. The van der Waals surface area contributed by atoms with Crippen LogP contribution in [0.1, 0.15) is 0 Å². The van der Waals surface area contributed by atoms with Crippen LogP contribution in [0.2, 0.25) is 0 Å². The number of hydrazine groups is 2. The number of halogens is 6. The zero-order valence-electron chi connectivity index (χ0n) is 6.52. The van der Waals surface area contributed by atoms with Crippen LogP contribution < -0.4 is 5.43 Å². The Balaban J connectivity index is 2.90. The molecule has 0 spiro atoms. The van der Waals surface area contributed by atoms with Crippen LogP contribution in [0.15, 0.2) is 12.3 Å². The molecule has 1 aliphatic rings. The van der Waals surface area contributed by atoms with Gasteiger partial charge in [0.2, 0.25) is 0 Å². The Morgan fingerprint density at radius 1 is 1.00 bits per heavy atom. The van der Waals surface area contributed by atoms with Gasteiger partial charge in [0, 0.05) is 12.7 Å². The summed E-state index contributed by atoms with van der Waals surface area (Å²) in [5.41, 5.74) is 2.74. The summed E-state index contributed by atoms with van der Waals surface area (Å²) in [7, 11) is 0. The molecular formula is C5H5Cl6N3. The molecule has 0 aromatic carbocycles. The first kappa shape index (κ1) is 13.3. The Morgan fingerprint density at radius 2 is 1.57 bits per heavy atom. The third-order valence-electron chi connectivity index (χ3n) is 1.32. The molecule has 82 valence electrons. The monoisotopic (exact) mass is 317 g/mol. The first-order chi connectivity index (χ1) is 6.23. The van der Waals surface area contributed by atoms with Gasteiger partial charge >= 0.3 is 0 Å². The number of hydrogen-bond donors (Lipinski definition) is 1. The smallest absolute Gasteiger partial charge is 0.248 e. The number of nitrogens with one attached hydrogen (secondary N) is 1. The molecule has 0 radical (unpaired) electrons. The van der Waals surface area contributed by atoms with Gasteiger partial charge in [0.15, 0.2) is 0 Å². The van der Waals surface area contributed by atoms with Crippen molar-refractivity contribution in [1.82, 2.24) is 15.6 Å². The van der Waals surface area contributed by atoms with E-state index in [2.05, 4.69) is 5.43 Å². The van der Waals surface area contributed by atoms with Crippen molar-refractivity contribution < 1.29 is 0 Å². The van der Waals surface area contributed by atoms with Gasteiger partial charge in [-0.05, 0) is 0 Å². The predicted molar refractivity (Wildman–Crippen MR) is 61.4 cm³/mol. The molecule has 1 rings (SSSR count). The maximum atomic E-state index is 5.66. The number of rotatable bonds is 0. The highest BCUT2D eigenvalue weighted by molar-refractivity contribution is 6.68. The van der Waals surface area contributed by atoms with Gasteiger partial charge in [0.1, 0.15) is 0 Å². The van der Waals surface area contributed by atoms with Crippen LogP contribution >= 0.6 is 69.6 Å². The Morgan fingerprint density at radius 3 is 1.93 bits per heavy atom. The lowest BCUT2D eigenvalue weighted by atomic mass is 10.6. The fraction of sp³-hybridized carbons (Fsp3) is 0.600. The van der Waals surface area contributed by atoms with E-state index in [1.54, 1.807) is 6.08 Å². The summed E-state index contributed by atoms with van der Waals surface area (Å²) < 4.78 is -3.47. The van der Waals surface area contributed by atoms with Crippen LogP contribution in [0, 0.1) is 0 Å². The van der Waals surface area contributed by atoms with Crippen molar-refractivity contribution in [1.29, 1.82) is 0 Å². The van der Waals surface area contributed by atoms with E-state index >= 15 is 0 Å². The molecule has 0 saturated heterocycles. The summed E-state index contributed by atoms with van der Waals surface area (Å²) in [6, 6.07) is 0. The molecule has 1 heterocycles. The Kier molecular flexibility index (Phi) is 4.36. The summed E-state index contributed by atoms with van der Waals surface area (Å²) >= 11 is 33.9. The third-order valence-corrected chi connectivity index (χ3v) is 2.32. The van der Waals surface area contributed by atoms with E-state index in [-0.39, 0.29) is 0 Å². The molecule has 14 heavy (non-hydrogen) atoms. The van der Waals surface area contributed by atoms with E-state index in [4.69, 9.17) is 69.6 Å². The molecule has 0 fully saturated rings. The average molecular weight is 320 g/mol. The minimum atomic E-state index is -1.74. The molecule has 1 aliphatic heterocycles.